The Kier molecular flexibility index (Phi) is 3.58. The fourth-order valence-electron chi connectivity index (χ4n) is 1.21. The summed E-state index contributed by atoms with van der Waals surface area (Å²) in [5, 5.41) is 7.56. The van der Waals surface area contributed by atoms with Gasteiger partial charge in [0.25, 0.3) is 0 Å². The van der Waals surface area contributed by atoms with Gasteiger partial charge in [0.2, 0.25) is 0 Å². The number of hydrogen-bond acceptors (Lipinski definition) is 4. The lowest BCUT2D eigenvalue weighted by molar-refractivity contribution is 0.593. The minimum Gasteiger partial charge on any atom is -0.264 e. The minimum absolute atomic E-state index is 0.515. The van der Waals surface area contributed by atoms with Crippen LogP contribution in [0.25, 0.3) is 0 Å². The Morgan fingerprint density at radius 2 is 2.40 bits per heavy atom. The monoisotopic (exact) mass is 222 g/mol. The molecule has 1 aromatic rings. The average Bonchev–Trinajstić information content (AvgIpc) is 2.19. The number of pyridine rings is 1. The van der Waals surface area contributed by atoms with Crippen LogP contribution in [-0.4, -0.2) is 19.2 Å². The van der Waals surface area contributed by atoms with Gasteiger partial charge in [-0.1, -0.05) is 12.1 Å². The van der Waals surface area contributed by atoms with E-state index in [9.17, 15) is 8.42 Å². The maximum Gasteiger partial charge on any atom is 0.174 e. The lowest BCUT2D eigenvalue weighted by Crippen LogP contribution is -2.14. The largest absolute Gasteiger partial charge is 0.264 e. The van der Waals surface area contributed by atoms with Crippen LogP contribution in [0, 0.1) is 11.3 Å². The molecular weight excluding hydrogens is 212 g/mol. The van der Waals surface area contributed by atoms with Crippen LogP contribution in [-0.2, 0) is 9.84 Å². The fraction of sp³-hybridized carbons (Fsp3) is 0.200. The normalized spacial score (nSPS) is 12.7. The molecule has 4 nitrogen and oxygen atoms in total. The molecular formula is C10H10N2O2S. The lowest BCUT2D eigenvalue weighted by atomic mass is 10.2. The third-order valence-electron chi connectivity index (χ3n) is 1.88. The third kappa shape index (κ3) is 2.64. The molecule has 0 radical (unpaired) electrons. The van der Waals surface area contributed by atoms with E-state index >= 15 is 0 Å². The van der Waals surface area contributed by atoms with Gasteiger partial charge in [-0.2, -0.15) is 5.26 Å². The second-order valence-electron chi connectivity index (χ2n) is 2.91. The van der Waals surface area contributed by atoms with Crippen molar-refractivity contribution >= 4 is 9.84 Å². The fourth-order valence-corrected chi connectivity index (χ4v) is 2.42. The van der Waals surface area contributed by atoms with E-state index in [0.717, 1.165) is 0 Å². The number of hydrogen-bond donors (Lipinski definition) is 0. The first-order valence-electron chi connectivity index (χ1n) is 4.23. The van der Waals surface area contributed by atoms with Crippen LogP contribution in [0.1, 0.15) is 10.8 Å². The van der Waals surface area contributed by atoms with Crippen LogP contribution in [0.5, 0.6) is 0 Å². The van der Waals surface area contributed by atoms with Crippen LogP contribution >= 0.6 is 0 Å². The Morgan fingerprint density at radius 1 is 1.67 bits per heavy atom. The number of aromatic nitrogens is 1. The van der Waals surface area contributed by atoms with Gasteiger partial charge in [-0.25, -0.2) is 8.42 Å². The molecule has 78 valence electrons. The van der Waals surface area contributed by atoms with E-state index in [0.29, 0.717) is 5.56 Å². The Morgan fingerprint density at radius 3 is 2.87 bits per heavy atom. The predicted molar refractivity (Wildman–Crippen MR) is 56.6 cm³/mol. The van der Waals surface area contributed by atoms with Gasteiger partial charge in [0.15, 0.2) is 9.84 Å². The van der Waals surface area contributed by atoms with Gasteiger partial charge in [0, 0.05) is 12.4 Å². The lowest BCUT2D eigenvalue weighted by Gasteiger charge is -2.10. The molecule has 15 heavy (non-hydrogen) atoms. The number of nitrogens with zero attached hydrogens (tertiary/aromatic N) is 2. The van der Waals surface area contributed by atoms with Crippen molar-refractivity contribution in [2.45, 2.75) is 5.25 Å². The van der Waals surface area contributed by atoms with Gasteiger partial charge < -0.3 is 0 Å². The third-order valence-corrected chi connectivity index (χ3v) is 3.65. The van der Waals surface area contributed by atoms with Crippen molar-refractivity contribution in [2.24, 2.45) is 0 Å². The van der Waals surface area contributed by atoms with Gasteiger partial charge in [0.05, 0.1) is 6.07 Å². The van der Waals surface area contributed by atoms with Gasteiger partial charge in [0.1, 0.15) is 11.0 Å². The zero-order valence-corrected chi connectivity index (χ0v) is 8.81. The second-order valence-corrected chi connectivity index (χ2v) is 5.03. The smallest absolute Gasteiger partial charge is 0.174 e. The second kappa shape index (κ2) is 4.71. The van der Waals surface area contributed by atoms with Crippen molar-refractivity contribution in [1.29, 1.82) is 5.26 Å². The van der Waals surface area contributed by atoms with E-state index in [1.54, 1.807) is 24.4 Å². The minimum atomic E-state index is -3.49. The summed E-state index contributed by atoms with van der Waals surface area (Å²) in [5.41, 5.74) is 0.530. The predicted octanol–water partition coefficient (Wildman–Crippen LogP) is 1.25. The molecule has 1 unspecified atom stereocenters. The van der Waals surface area contributed by atoms with E-state index in [-0.39, 0.29) is 0 Å². The first-order chi connectivity index (χ1) is 7.11. The van der Waals surface area contributed by atoms with E-state index in [1.165, 1.54) is 12.3 Å². The maximum absolute atomic E-state index is 11.6. The number of nitriles is 1. The molecule has 0 N–H and O–H groups in total. The van der Waals surface area contributed by atoms with Crippen LogP contribution in [0.3, 0.4) is 0 Å². The molecule has 5 heteroatoms. The Bertz CT molecular complexity index is 474. The summed E-state index contributed by atoms with van der Waals surface area (Å²) >= 11 is 0. The zero-order valence-electron chi connectivity index (χ0n) is 8.00. The number of sulfone groups is 1. The molecule has 0 aliphatic carbocycles. The van der Waals surface area contributed by atoms with Crippen molar-refractivity contribution in [1.82, 2.24) is 4.98 Å². The molecule has 0 spiro atoms. The van der Waals surface area contributed by atoms with Crippen molar-refractivity contribution < 1.29 is 8.42 Å². The summed E-state index contributed by atoms with van der Waals surface area (Å²) in [7, 11) is -3.49. The van der Waals surface area contributed by atoms with Gasteiger partial charge in [-0.05, 0) is 11.6 Å². The first kappa shape index (κ1) is 11.4. The van der Waals surface area contributed by atoms with Crippen molar-refractivity contribution in [2.75, 3.05) is 5.75 Å². The highest BCUT2D eigenvalue weighted by Crippen LogP contribution is 2.22. The van der Waals surface area contributed by atoms with Crippen molar-refractivity contribution in [3.8, 4) is 6.07 Å². The molecule has 1 aromatic heterocycles. The van der Waals surface area contributed by atoms with Crippen LogP contribution < -0.4 is 0 Å². The molecule has 0 bridgehead atoms. The molecule has 1 atom stereocenters. The van der Waals surface area contributed by atoms with Crippen LogP contribution in [0.4, 0.5) is 0 Å². The maximum atomic E-state index is 11.6. The molecule has 1 rings (SSSR count). The van der Waals surface area contributed by atoms with Gasteiger partial charge in [-0.3, -0.25) is 4.98 Å². The molecule has 0 saturated heterocycles. The highest BCUT2D eigenvalue weighted by atomic mass is 32.2. The van der Waals surface area contributed by atoms with E-state index in [4.69, 9.17) is 5.26 Å². The van der Waals surface area contributed by atoms with Gasteiger partial charge in [-0.15, -0.1) is 6.58 Å². The Hall–Kier alpha value is -1.67. The standard InChI is InChI=1S/C10H10N2O2S/c1-2-10(15(13,14)7-5-11)9-4-3-6-12-8-9/h2-4,6,8,10H,1,7H2. The summed E-state index contributed by atoms with van der Waals surface area (Å²) in [6, 6.07) is 4.93. The van der Waals surface area contributed by atoms with Crippen molar-refractivity contribution in [3.05, 3.63) is 42.7 Å². The summed E-state index contributed by atoms with van der Waals surface area (Å²) in [6.45, 7) is 3.47. The topological polar surface area (TPSA) is 70.8 Å². The zero-order chi connectivity index (χ0) is 11.3. The molecule has 0 saturated carbocycles. The highest BCUT2D eigenvalue weighted by Gasteiger charge is 2.23. The van der Waals surface area contributed by atoms with Crippen LogP contribution in [0.15, 0.2) is 37.2 Å². The first-order valence-corrected chi connectivity index (χ1v) is 5.94. The highest BCUT2D eigenvalue weighted by molar-refractivity contribution is 7.92. The SMILES string of the molecule is C=CC(c1cccnc1)S(=O)(=O)CC#N. The summed E-state index contributed by atoms with van der Waals surface area (Å²) < 4.78 is 23.3. The summed E-state index contributed by atoms with van der Waals surface area (Å²) in [6.07, 6.45) is 4.32. The average molecular weight is 222 g/mol. The van der Waals surface area contributed by atoms with E-state index in [1.807, 2.05) is 0 Å². The molecule has 0 aromatic carbocycles. The number of rotatable bonds is 4. The molecule has 1 heterocycles. The van der Waals surface area contributed by atoms with Gasteiger partial charge >= 0.3 is 0 Å². The van der Waals surface area contributed by atoms with Crippen LogP contribution in [0.2, 0.25) is 0 Å². The summed E-state index contributed by atoms with van der Waals surface area (Å²) in [5.74, 6) is -0.515. The molecule has 0 fully saturated rings. The van der Waals surface area contributed by atoms with E-state index < -0.39 is 20.8 Å². The molecule has 0 amide bonds. The van der Waals surface area contributed by atoms with Crippen molar-refractivity contribution in [3.63, 3.8) is 0 Å². The molecule has 0 aliphatic rings. The van der Waals surface area contributed by atoms with E-state index in [2.05, 4.69) is 11.6 Å². The molecule has 0 aliphatic heterocycles. The summed E-state index contributed by atoms with van der Waals surface area (Å²) in [4.78, 5) is 3.83. The Labute approximate surface area is 88.8 Å². The Balaban J connectivity index is 3.12. The quantitative estimate of drug-likeness (QED) is 0.719.